The molecule has 2 N–H and O–H groups in total. The predicted octanol–water partition coefficient (Wildman–Crippen LogP) is 0.367. The molecule has 1 aliphatic rings. The van der Waals surface area contributed by atoms with Crippen LogP contribution in [0.3, 0.4) is 0 Å². The van der Waals surface area contributed by atoms with Gasteiger partial charge in [-0.1, -0.05) is 11.8 Å². The van der Waals surface area contributed by atoms with Crippen molar-refractivity contribution in [1.82, 2.24) is 20.1 Å². The number of H-pyrrole nitrogens is 1. The molecule has 0 aliphatic heterocycles. The molecule has 1 amide bonds. The average Bonchev–Trinajstić information content (AvgIpc) is 3.17. The molecule has 1 saturated carbocycles. The fourth-order valence-electron chi connectivity index (χ4n) is 1.72. The van der Waals surface area contributed by atoms with Gasteiger partial charge in [0.25, 0.3) is 0 Å². The highest BCUT2D eigenvalue weighted by molar-refractivity contribution is 8.00. The molecule has 0 spiro atoms. The second-order valence-electron chi connectivity index (χ2n) is 4.85. The predicted molar refractivity (Wildman–Crippen MR) is 75.8 cm³/mol. The van der Waals surface area contributed by atoms with Crippen molar-refractivity contribution >= 4 is 17.7 Å². The number of hydrogen-bond donors (Lipinski definition) is 2. The zero-order chi connectivity index (χ0) is 14.5. The highest BCUT2D eigenvalue weighted by atomic mass is 32.2. The lowest BCUT2D eigenvalue weighted by atomic mass is 10.4. The molecule has 0 radical (unpaired) electrons. The standard InChI is InChI=1S/C12H20N4O3S/c1-8(10(17)13-9-4-5-9)20-12-15-14-11(18)16(12)6-3-7-19-2/h8-9H,3-7H2,1-2H3,(H,13,17)(H,14,18)/t8-/m1/s1. The Hall–Kier alpha value is -1.28. The fraction of sp³-hybridized carbons (Fsp3) is 0.750. The number of hydrogen-bond acceptors (Lipinski definition) is 5. The van der Waals surface area contributed by atoms with Gasteiger partial charge in [-0.05, 0) is 26.2 Å². The first-order valence-electron chi connectivity index (χ1n) is 6.73. The first kappa shape index (κ1) is 15.1. The molecule has 7 nitrogen and oxygen atoms in total. The summed E-state index contributed by atoms with van der Waals surface area (Å²) < 4.78 is 6.52. The largest absolute Gasteiger partial charge is 0.385 e. The maximum absolute atomic E-state index is 11.9. The van der Waals surface area contributed by atoms with Crippen molar-refractivity contribution in [1.29, 1.82) is 0 Å². The Bertz CT molecular complexity index is 509. The van der Waals surface area contributed by atoms with Crippen LogP contribution in [0, 0.1) is 0 Å². The second kappa shape index (κ2) is 6.94. The summed E-state index contributed by atoms with van der Waals surface area (Å²) in [7, 11) is 1.62. The van der Waals surface area contributed by atoms with Crippen LogP contribution in [0.4, 0.5) is 0 Å². The summed E-state index contributed by atoms with van der Waals surface area (Å²) in [6.45, 7) is 2.93. The zero-order valence-electron chi connectivity index (χ0n) is 11.7. The van der Waals surface area contributed by atoms with E-state index in [2.05, 4.69) is 15.5 Å². The number of aromatic nitrogens is 3. The number of methoxy groups -OCH3 is 1. The first-order chi connectivity index (χ1) is 9.61. The number of nitrogens with one attached hydrogen (secondary N) is 2. The molecule has 1 aromatic heterocycles. The minimum Gasteiger partial charge on any atom is -0.385 e. The third kappa shape index (κ3) is 4.11. The van der Waals surface area contributed by atoms with E-state index in [-0.39, 0.29) is 16.8 Å². The van der Waals surface area contributed by atoms with E-state index in [1.54, 1.807) is 11.7 Å². The normalized spacial score (nSPS) is 16.1. The van der Waals surface area contributed by atoms with Crippen LogP contribution < -0.4 is 11.0 Å². The van der Waals surface area contributed by atoms with Gasteiger partial charge in [0, 0.05) is 26.3 Å². The Morgan fingerprint density at radius 3 is 3.05 bits per heavy atom. The average molecular weight is 300 g/mol. The number of nitrogens with zero attached hydrogens (tertiary/aromatic N) is 2. The Kier molecular flexibility index (Phi) is 5.24. The molecule has 1 atom stereocenters. The number of ether oxygens (including phenoxy) is 1. The maximum Gasteiger partial charge on any atom is 0.343 e. The molecule has 0 aromatic carbocycles. The number of thioether (sulfide) groups is 1. The van der Waals surface area contributed by atoms with Gasteiger partial charge in [0.2, 0.25) is 5.91 Å². The molecule has 112 valence electrons. The molecule has 0 bridgehead atoms. The molecule has 1 aliphatic carbocycles. The lowest BCUT2D eigenvalue weighted by Crippen LogP contribution is -2.32. The van der Waals surface area contributed by atoms with Crippen molar-refractivity contribution in [2.45, 2.75) is 49.2 Å². The first-order valence-corrected chi connectivity index (χ1v) is 7.61. The zero-order valence-corrected chi connectivity index (χ0v) is 12.5. The van der Waals surface area contributed by atoms with Gasteiger partial charge in [0.05, 0.1) is 5.25 Å². The summed E-state index contributed by atoms with van der Waals surface area (Å²) >= 11 is 1.29. The van der Waals surface area contributed by atoms with Crippen LogP contribution in [-0.4, -0.2) is 45.7 Å². The van der Waals surface area contributed by atoms with E-state index in [1.807, 2.05) is 6.92 Å². The minimum atomic E-state index is -0.271. The molecule has 1 fully saturated rings. The molecule has 8 heteroatoms. The van der Waals surface area contributed by atoms with Gasteiger partial charge in [0.15, 0.2) is 5.16 Å². The van der Waals surface area contributed by atoms with E-state index >= 15 is 0 Å². The highest BCUT2D eigenvalue weighted by Gasteiger charge is 2.26. The summed E-state index contributed by atoms with van der Waals surface area (Å²) in [6.07, 6.45) is 2.85. The van der Waals surface area contributed by atoms with Crippen molar-refractivity contribution < 1.29 is 9.53 Å². The topological polar surface area (TPSA) is 89.0 Å². The quantitative estimate of drug-likeness (QED) is 0.535. The van der Waals surface area contributed by atoms with Crippen LogP contribution >= 0.6 is 11.8 Å². The lowest BCUT2D eigenvalue weighted by Gasteiger charge is -2.11. The van der Waals surface area contributed by atoms with Gasteiger partial charge >= 0.3 is 5.69 Å². The van der Waals surface area contributed by atoms with Crippen molar-refractivity contribution in [3.63, 3.8) is 0 Å². The number of rotatable bonds is 8. The molecule has 20 heavy (non-hydrogen) atoms. The number of aromatic amines is 1. The molecular weight excluding hydrogens is 280 g/mol. The molecule has 1 aromatic rings. The number of amides is 1. The minimum absolute atomic E-state index is 0.00334. The van der Waals surface area contributed by atoms with Crippen molar-refractivity contribution in [3.05, 3.63) is 10.5 Å². The van der Waals surface area contributed by atoms with Gasteiger partial charge in [-0.15, -0.1) is 5.10 Å². The third-order valence-corrected chi connectivity index (χ3v) is 4.12. The smallest absolute Gasteiger partial charge is 0.343 e. The Morgan fingerprint density at radius 2 is 2.40 bits per heavy atom. The van der Waals surface area contributed by atoms with Crippen molar-refractivity contribution in [2.24, 2.45) is 0 Å². The molecule has 1 heterocycles. The third-order valence-electron chi connectivity index (χ3n) is 3.03. The number of carbonyl (C=O) groups excluding carboxylic acids is 1. The van der Waals surface area contributed by atoms with E-state index in [0.717, 1.165) is 19.3 Å². The van der Waals surface area contributed by atoms with Crippen LogP contribution in [0.5, 0.6) is 0 Å². The Morgan fingerprint density at radius 1 is 1.65 bits per heavy atom. The molecule has 0 unspecified atom stereocenters. The fourth-order valence-corrected chi connectivity index (χ4v) is 2.61. The van der Waals surface area contributed by atoms with Gasteiger partial charge in [-0.3, -0.25) is 9.36 Å². The van der Waals surface area contributed by atoms with Crippen LogP contribution in [0.1, 0.15) is 26.2 Å². The van der Waals surface area contributed by atoms with Crippen LogP contribution in [0.15, 0.2) is 9.95 Å². The van der Waals surface area contributed by atoms with Gasteiger partial charge in [-0.2, -0.15) is 0 Å². The van der Waals surface area contributed by atoms with E-state index in [1.165, 1.54) is 11.8 Å². The Balaban J connectivity index is 1.93. The maximum atomic E-state index is 11.9. The van der Waals surface area contributed by atoms with Gasteiger partial charge < -0.3 is 10.1 Å². The lowest BCUT2D eigenvalue weighted by molar-refractivity contribution is -0.120. The van der Waals surface area contributed by atoms with E-state index < -0.39 is 0 Å². The molecule has 0 saturated heterocycles. The van der Waals surface area contributed by atoms with Crippen molar-refractivity contribution in [3.8, 4) is 0 Å². The monoisotopic (exact) mass is 300 g/mol. The molecule has 2 rings (SSSR count). The number of carbonyl (C=O) groups is 1. The van der Waals surface area contributed by atoms with Crippen LogP contribution in [0.2, 0.25) is 0 Å². The summed E-state index contributed by atoms with van der Waals surface area (Å²) in [5.41, 5.74) is -0.251. The summed E-state index contributed by atoms with van der Waals surface area (Å²) in [6, 6.07) is 0.341. The van der Waals surface area contributed by atoms with E-state index in [9.17, 15) is 9.59 Å². The summed E-state index contributed by atoms with van der Waals surface area (Å²) in [5.74, 6) is -0.00334. The molecular formula is C12H20N4O3S. The Labute approximate surface area is 121 Å². The highest BCUT2D eigenvalue weighted by Crippen LogP contribution is 2.23. The second-order valence-corrected chi connectivity index (χ2v) is 6.16. The van der Waals surface area contributed by atoms with Crippen LogP contribution in [-0.2, 0) is 16.1 Å². The van der Waals surface area contributed by atoms with Gasteiger partial charge in [-0.25, -0.2) is 9.89 Å². The summed E-state index contributed by atoms with van der Waals surface area (Å²) in [5, 5.41) is 9.63. The SMILES string of the molecule is COCCCn1c(S[C@H](C)C(=O)NC2CC2)n[nH]c1=O. The van der Waals surface area contributed by atoms with E-state index in [4.69, 9.17) is 4.74 Å². The summed E-state index contributed by atoms with van der Waals surface area (Å²) in [4.78, 5) is 23.6. The van der Waals surface area contributed by atoms with Gasteiger partial charge in [0.1, 0.15) is 0 Å². The van der Waals surface area contributed by atoms with Crippen LogP contribution in [0.25, 0.3) is 0 Å². The van der Waals surface area contributed by atoms with Crippen molar-refractivity contribution in [2.75, 3.05) is 13.7 Å². The van der Waals surface area contributed by atoms with E-state index in [0.29, 0.717) is 24.3 Å².